The van der Waals surface area contributed by atoms with Crippen LogP contribution in [0.1, 0.15) is 124 Å². The molecule has 3 heteroatoms. The van der Waals surface area contributed by atoms with Gasteiger partial charge in [-0.2, -0.15) is 0 Å². The van der Waals surface area contributed by atoms with E-state index in [1.807, 2.05) is 0 Å². The van der Waals surface area contributed by atoms with E-state index in [-0.39, 0.29) is 0 Å². The number of hydrogen-bond donors (Lipinski definition) is 0. The second kappa shape index (κ2) is 10.0. The molecule has 3 aromatic carbocycles. The fourth-order valence-corrected chi connectivity index (χ4v) is 10.2. The third kappa shape index (κ3) is 4.13. The molecule has 0 fully saturated rings. The number of hydrogen-bond acceptors (Lipinski definition) is 2. The van der Waals surface area contributed by atoms with Crippen LogP contribution in [0.3, 0.4) is 0 Å². The Labute approximate surface area is 242 Å². The van der Waals surface area contributed by atoms with Crippen LogP contribution in [0.4, 0.5) is 11.4 Å². The topological polar surface area (TPSA) is 6.48 Å². The zero-order valence-electron chi connectivity index (χ0n) is 24.8. The number of allylic oxidation sites excluding steroid dienone is 2. The van der Waals surface area contributed by atoms with E-state index in [2.05, 4.69) is 130 Å². The van der Waals surface area contributed by atoms with E-state index in [1.165, 1.54) is 56.1 Å². The van der Waals surface area contributed by atoms with Gasteiger partial charge in [0.25, 0.3) is 0 Å². The molecule has 2 nitrogen and oxygen atoms in total. The van der Waals surface area contributed by atoms with Gasteiger partial charge in [-0.1, -0.05) is 0 Å². The van der Waals surface area contributed by atoms with Gasteiger partial charge in [0.1, 0.15) is 0 Å². The number of anilines is 2. The van der Waals surface area contributed by atoms with Crippen molar-refractivity contribution in [2.45, 2.75) is 91.4 Å². The molecule has 2 aliphatic carbocycles. The van der Waals surface area contributed by atoms with E-state index < -0.39 is 15.9 Å². The van der Waals surface area contributed by atoms with Crippen LogP contribution in [0.25, 0.3) is 5.70 Å². The maximum atomic E-state index is 2.84. The van der Waals surface area contributed by atoms with Crippen molar-refractivity contribution in [3.8, 4) is 0 Å². The van der Waals surface area contributed by atoms with Gasteiger partial charge < -0.3 is 0 Å². The first-order valence-corrected chi connectivity index (χ1v) is 16.7. The Balaban J connectivity index is 1.67. The molecule has 0 saturated heterocycles. The summed E-state index contributed by atoms with van der Waals surface area (Å²) >= 11 is -0.728. The molecule has 39 heavy (non-hydrogen) atoms. The Morgan fingerprint density at radius 1 is 0.641 bits per heavy atom. The molecule has 1 aliphatic heterocycles. The summed E-state index contributed by atoms with van der Waals surface area (Å²) in [4.78, 5) is 0. The van der Waals surface area contributed by atoms with Crippen LogP contribution < -0.4 is 7.71 Å². The Morgan fingerprint density at radius 2 is 1.13 bits per heavy atom. The summed E-state index contributed by atoms with van der Waals surface area (Å²) in [6, 6.07) is 21.1. The normalized spacial score (nSPS) is 17.9. The monoisotopic (exact) mass is 576 g/mol. The molecule has 200 valence electrons. The van der Waals surface area contributed by atoms with Crippen LogP contribution in [-0.2, 0) is 6.42 Å². The molecule has 1 atom stereocenters. The van der Waals surface area contributed by atoms with Crippen LogP contribution in [0.15, 0.2) is 72.4 Å². The Morgan fingerprint density at radius 3 is 1.64 bits per heavy atom. The van der Waals surface area contributed by atoms with E-state index in [1.54, 1.807) is 5.56 Å². The van der Waals surface area contributed by atoms with Crippen molar-refractivity contribution < 1.29 is 0 Å². The van der Waals surface area contributed by atoms with Crippen LogP contribution in [-0.4, -0.2) is 15.9 Å². The molecule has 0 aromatic heterocycles. The predicted molar refractivity (Wildman–Crippen MR) is 169 cm³/mol. The molecule has 1 unspecified atom stereocenters. The van der Waals surface area contributed by atoms with Crippen molar-refractivity contribution in [2.75, 3.05) is 7.71 Å². The molecule has 0 spiro atoms. The first-order valence-electron chi connectivity index (χ1n) is 14.9. The summed E-state index contributed by atoms with van der Waals surface area (Å²) in [5.74, 6) is 2.22. The summed E-state index contributed by atoms with van der Waals surface area (Å²) in [7, 11) is 0. The molecular formula is C36H42GeN2. The molecule has 0 N–H and O–H groups in total. The van der Waals surface area contributed by atoms with Crippen molar-refractivity contribution in [2.24, 2.45) is 0 Å². The molecule has 0 bridgehead atoms. The Kier molecular flexibility index (Phi) is 6.82. The summed E-state index contributed by atoms with van der Waals surface area (Å²) in [5, 5.41) is 0. The SMILES string of the molecule is CC(C)c1cccc(C(C)C)c1[N]1[Ge][N](c2c(C(C)C)cccc2C(C)C)C2=C1c1cccc3c1C2C=CC3. The number of fused-ring (bicyclic) bond motifs is 2. The predicted octanol–water partition coefficient (Wildman–Crippen LogP) is 9.62. The van der Waals surface area contributed by atoms with Crippen molar-refractivity contribution in [1.82, 2.24) is 0 Å². The first-order chi connectivity index (χ1) is 18.7. The number of benzene rings is 3. The Bertz CT molecular complexity index is 1440. The first kappa shape index (κ1) is 26.5. The third-order valence-corrected chi connectivity index (χ3v) is 11.5. The average molecular weight is 575 g/mol. The van der Waals surface area contributed by atoms with Crippen LogP contribution in [0.2, 0.25) is 0 Å². The van der Waals surface area contributed by atoms with Gasteiger partial charge in [0.15, 0.2) is 0 Å². The zero-order chi connectivity index (χ0) is 27.6. The third-order valence-electron chi connectivity index (χ3n) is 8.76. The van der Waals surface area contributed by atoms with E-state index >= 15 is 0 Å². The number of rotatable bonds is 6. The van der Waals surface area contributed by atoms with Crippen molar-refractivity contribution in [3.63, 3.8) is 0 Å². The molecule has 0 saturated carbocycles. The average Bonchev–Trinajstić information content (AvgIpc) is 3.45. The van der Waals surface area contributed by atoms with Gasteiger partial charge in [0.05, 0.1) is 0 Å². The van der Waals surface area contributed by atoms with Crippen LogP contribution in [0, 0.1) is 0 Å². The van der Waals surface area contributed by atoms with Crippen molar-refractivity contribution >= 4 is 32.9 Å². The van der Waals surface area contributed by atoms with Crippen LogP contribution in [0.5, 0.6) is 0 Å². The summed E-state index contributed by atoms with van der Waals surface area (Å²) < 4.78 is 5.66. The standard InChI is InChI=1S/C36H42GeN2/c1-21(2)26-15-11-16-27(22(3)4)33(26)38-35-30-19-9-13-25-14-10-20-31(32(25)30)36(35)39(37-38)34-28(23(5)6)17-12-18-29(34)24(7)8/h9-13,15-24,31H,14H2,1-8H3. The van der Waals surface area contributed by atoms with Crippen molar-refractivity contribution in [1.29, 1.82) is 0 Å². The maximum absolute atomic E-state index is 2.84. The molecular weight excluding hydrogens is 533 g/mol. The second-order valence-electron chi connectivity index (χ2n) is 12.7. The van der Waals surface area contributed by atoms with Crippen LogP contribution >= 0.6 is 0 Å². The van der Waals surface area contributed by atoms with E-state index in [4.69, 9.17) is 0 Å². The fraction of sp³-hybridized carbons (Fsp3) is 0.389. The Hall–Kier alpha value is -2.72. The van der Waals surface area contributed by atoms with E-state index in [9.17, 15) is 0 Å². The minimum absolute atomic E-state index is 0.336. The van der Waals surface area contributed by atoms with E-state index in [0.717, 1.165) is 6.42 Å². The van der Waals surface area contributed by atoms with Gasteiger partial charge in [0.2, 0.25) is 0 Å². The van der Waals surface area contributed by atoms with E-state index in [0.29, 0.717) is 29.6 Å². The summed E-state index contributed by atoms with van der Waals surface area (Å²) in [6.07, 6.45) is 5.95. The van der Waals surface area contributed by atoms with Gasteiger partial charge in [0, 0.05) is 0 Å². The molecule has 1 heterocycles. The molecule has 2 radical (unpaired) electrons. The summed E-state index contributed by atoms with van der Waals surface area (Å²) in [5.41, 5.74) is 16.4. The fourth-order valence-electron chi connectivity index (χ4n) is 6.86. The van der Waals surface area contributed by atoms with Crippen molar-refractivity contribution in [3.05, 3.63) is 111 Å². The van der Waals surface area contributed by atoms with Gasteiger partial charge in [-0.25, -0.2) is 0 Å². The van der Waals surface area contributed by atoms with Gasteiger partial charge in [-0.05, 0) is 0 Å². The minimum atomic E-state index is -0.728. The summed E-state index contributed by atoms with van der Waals surface area (Å²) in [6.45, 7) is 18.9. The number of nitrogens with zero attached hydrogens (tertiary/aromatic N) is 2. The number of para-hydroxylation sites is 2. The second-order valence-corrected chi connectivity index (χ2v) is 15.0. The molecule has 3 aromatic rings. The molecule has 6 rings (SSSR count). The molecule has 0 amide bonds. The van der Waals surface area contributed by atoms with Gasteiger partial charge in [-0.15, -0.1) is 0 Å². The molecule has 3 aliphatic rings. The quantitative estimate of drug-likeness (QED) is 0.213. The van der Waals surface area contributed by atoms with Gasteiger partial charge >= 0.3 is 243 Å². The van der Waals surface area contributed by atoms with Gasteiger partial charge in [-0.3, -0.25) is 0 Å². The zero-order valence-corrected chi connectivity index (χ0v) is 26.9.